The Balaban J connectivity index is 1.84. The van der Waals surface area contributed by atoms with Crippen LogP contribution in [-0.2, 0) is 10.6 Å². The van der Waals surface area contributed by atoms with Gasteiger partial charge in [-0.2, -0.15) is 0 Å². The summed E-state index contributed by atoms with van der Waals surface area (Å²) in [5.41, 5.74) is 1.11. The van der Waals surface area contributed by atoms with Crippen molar-refractivity contribution < 1.29 is 14.9 Å². The summed E-state index contributed by atoms with van der Waals surface area (Å²) in [5.74, 6) is 0.952. The second-order valence-corrected chi connectivity index (χ2v) is 7.07. The SMILES string of the molecule is C#CC1OC(NC2CC2(C)C)(n2cnc3cncnc32)C(O)C1O. The van der Waals surface area contributed by atoms with Crippen molar-refractivity contribution in [3.8, 4) is 12.3 Å². The summed E-state index contributed by atoms with van der Waals surface area (Å²) in [6.45, 7) is 4.23. The molecular weight excluding hydrogens is 310 g/mol. The smallest absolute Gasteiger partial charge is 0.235 e. The lowest BCUT2D eigenvalue weighted by Crippen LogP contribution is -2.57. The molecule has 24 heavy (non-hydrogen) atoms. The van der Waals surface area contributed by atoms with Crippen molar-refractivity contribution in [1.29, 1.82) is 0 Å². The average Bonchev–Trinajstić information content (AvgIpc) is 2.90. The number of rotatable bonds is 3. The average molecular weight is 329 g/mol. The van der Waals surface area contributed by atoms with Crippen molar-refractivity contribution in [2.45, 2.75) is 50.5 Å². The van der Waals surface area contributed by atoms with Gasteiger partial charge in [0.05, 0.1) is 6.20 Å². The Morgan fingerprint density at radius 2 is 2.17 bits per heavy atom. The van der Waals surface area contributed by atoms with Gasteiger partial charge in [-0.05, 0) is 11.8 Å². The van der Waals surface area contributed by atoms with E-state index in [0.29, 0.717) is 11.2 Å². The first kappa shape index (κ1) is 15.5. The van der Waals surface area contributed by atoms with Crippen LogP contribution in [0, 0.1) is 17.8 Å². The lowest BCUT2D eigenvalue weighted by Gasteiger charge is -2.35. The van der Waals surface area contributed by atoms with Crippen LogP contribution in [-0.4, -0.2) is 54.1 Å². The van der Waals surface area contributed by atoms with E-state index in [2.05, 4.69) is 40.0 Å². The number of ether oxygens (including phenoxy) is 1. The van der Waals surface area contributed by atoms with Crippen LogP contribution in [0.3, 0.4) is 0 Å². The van der Waals surface area contributed by atoms with E-state index >= 15 is 0 Å². The molecule has 5 unspecified atom stereocenters. The van der Waals surface area contributed by atoms with Crippen LogP contribution < -0.4 is 5.32 Å². The Morgan fingerprint density at radius 1 is 1.42 bits per heavy atom. The molecule has 1 saturated heterocycles. The maximum absolute atomic E-state index is 10.8. The molecule has 0 aromatic carbocycles. The number of imidazole rings is 1. The van der Waals surface area contributed by atoms with Crippen molar-refractivity contribution in [2.24, 2.45) is 5.41 Å². The Labute approximate surface area is 138 Å². The molecule has 5 atom stereocenters. The largest absolute Gasteiger partial charge is 0.386 e. The topological polar surface area (TPSA) is 105 Å². The zero-order chi connectivity index (χ0) is 17.1. The predicted molar refractivity (Wildman–Crippen MR) is 84.3 cm³/mol. The lowest BCUT2D eigenvalue weighted by atomic mass is 10.1. The first-order valence-corrected chi connectivity index (χ1v) is 7.80. The van der Waals surface area contributed by atoms with Crippen molar-refractivity contribution in [2.75, 3.05) is 0 Å². The number of terminal acetylenes is 1. The molecule has 8 heteroatoms. The maximum atomic E-state index is 10.8. The number of aliphatic hydroxyl groups excluding tert-OH is 2. The quantitative estimate of drug-likeness (QED) is 0.657. The van der Waals surface area contributed by atoms with Gasteiger partial charge in [0.2, 0.25) is 5.85 Å². The fourth-order valence-electron chi connectivity index (χ4n) is 3.22. The Bertz CT molecular complexity index is 828. The van der Waals surface area contributed by atoms with E-state index in [1.807, 2.05) is 0 Å². The molecule has 1 aliphatic carbocycles. The summed E-state index contributed by atoms with van der Waals surface area (Å²) in [4.78, 5) is 12.4. The van der Waals surface area contributed by atoms with Gasteiger partial charge >= 0.3 is 0 Å². The minimum absolute atomic E-state index is 0.0701. The molecule has 8 nitrogen and oxygen atoms in total. The third-order valence-corrected chi connectivity index (χ3v) is 4.97. The normalized spacial score (nSPS) is 37.5. The van der Waals surface area contributed by atoms with E-state index in [-0.39, 0.29) is 11.5 Å². The molecule has 126 valence electrons. The highest BCUT2D eigenvalue weighted by Crippen LogP contribution is 2.48. The number of aliphatic hydroxyl groups is 2. The van der Waals surface area contributed by atoms with Gasteiger partial charge < -0.3 is 14.9 Å². The molecule has 3 heterocycles. The van der Waals surface area contributed by atoms with E-state index in [1.165, 1.54) is 12.7 Å². The highest BCUT2D eigenvalue weighted by Gasteiger charge is 2.60. The summed E-state index contributed by atoms with van der Waals surface area (Å²) in [6.07, 6.45) is 7.42. The summed E-state index contributed by atoms with van der Waals surface area (Å²) >= 11 is 0. The van der Waals surface area contributed by atoms with Gasteiger partial charge in [-0.25, -0.2) is 15.0 Å². The molecule has 2 aromatic rings. The van der Waals surface area contributed by atoms with Gasteiger partial charge in [0.15, 0.2) is 11.8 Å². The summed E-state index contributed by atoms with van der Waals surface area (Å²) in [6, 6.07) is 0.107. The van der Waals surface area contributed by atoms with E-state index in [4.69, 9.17) is 11.2 Å². The highest BCUT2D eigenvalue weighted by molar-refractivity contribution is 5.69. The van der Waals surface area contributed by atoms with Crippen molar-refractivity contribution in [3.63, 3.8) is 0 Å². The number of nitrogens with one attached hydrogen (secondary N) is 1. The fraction of sp³-hybridized carbons (Fsp3) is 0.562. The fourth-order valence-corrected chi connectivity index (χ4v) is 3.22. The van der Waals surface area contributed by atoms with E-state index in [0.717, 1.165) is 6.42 Å². The number of hydrogen-bond acceptors (Lipinski definition) is 7. The second kappa shape index (κ2) is 4.97. The number of aromatic nitrogens is 4. The van der Waals surface area contributed by atoms with Crippen molar-refractivity contribution in [3.05, 3.63) is 18.9 Å². The van der Waals surface area contributed by atoms with Crippen molar-refractivity contribution >= 4 is 11.2 Å². The molecule has 2 aliphatic rings. The van der Waals surface area contributed by atoms with Gasteiger partial charge in [-0.1, -0.05) is 19.8 Å². The Kier molecular flexibility index (Phi) is 3.21. The van der Waals surface area contributed by atoms with Crippen LogP contribution in [0.4, 0.5) is 0 Å². The number of nitrogens with zero attached hydrogens (tertiary/aromatic N) is 4. The van der Waals surface area contributed by atoms with Crippen LogP contribution in [0.25, 0.3) is 11.2 Å². The number of hydrogen-bond donors (Lipinski definition) is 3. The summed E-state index contributed by atoms with van der Waals surface area (Å²) < 4.78 is 7.52. The summed E-state index contributed by atoms with van der Waals surface area (Å²) in [5, 5.41) is 24.4. The standard InChI is InChI=1S/C16H19N5O3/c1-4-10-12(22)13(23)16(24-10,20-11-5-15(11,2)3)21-8-19-9-6-17-7-18-14(9)21/h1,6-8,10-13,20,22-23H,5H2,2-3H3. The molecule has 0 amide bonds. The van der Waals surface area contributed by atoms with Gasteiger partial charge in [0, 0.05) is 6.04 Å². The molecule has 0 radical (unpaired) electrons. The molecule has 2 aromatic heterocycles. The Morgan fingerprint density at radius 3 is 2.79 bits per heavy atom. The molecule has 1 saturated carbocycles. The molecule has 1 aliphatic heterocycles. The van der Waals surface area contributed by atoms with Gasteiger partial charge in [0.25, 0.3) is 0 Å². The first-order valence-electron chi connectivity index (χ1n) is 7.80. The second-order valence-electron chi connectivity index (χ2n) is 7.07. The summed E-state index contributed by atoms with van der Waals surface area (Å²) in [7, 11) is 0. The maximum Gasteiger partial charge on any atom is 0.235 e. The predicted octanol–water partition coefficient (Wildman–Crippen LogP) is -0.422. The van der Waals surface area contributed by atoms with Crippen LogP contribution >= 0.6 is 0 Å². The lowest BCUT2D eigenvalue weighted by molar-refractivity contribution is -0.157. The Hall–Kier alpha value is -2.05. The number of fused-ring (bicyclic) bond motifs is 1. The van der Waals surface area contributed by atoms with Gasteiger partial charge in [-0.15, -0.1) is 6.42 Å². The van der Waals surface area contributed by atoms with Crippen LogP contribution in [0.5, 0.6) is 0 Å². The molecule has 2 fully saturated rings. The van der Waals surface area contributed by atoms with Crippen molar-refractivity contribution in [1.82, 2.24) is 24.8 Å². The molecule has 4 rings (SSSR count). The van der Waals surface area contributed by atoms with E-state index in [1.54, 1.807) is 10.8 Å². The molecular formula is C16H19N5O3. The molecule has 3 N–H and O–H groups in total. The van der Waals surface area contributed by atoms with E-state index in [9.17, 15) is 10.2 Å². The highest BCUT2D eigenvalue weighted by atomic mass is 16.6. The van der Waals surface area contributed by atoms with E-state index < -0.39 is 24.2 Å². The third-order valence-electron chi connectivity index (χ3n) is 4.97. The van der Waals surface area contributed by atoms with Crippen LogP contribution in [0.2, 0.25) is 0 Å². The monoisotopic (exact) mass is 329 g/mol. The minimum Gasteiger partial charge on any atom is -0.386 e. The van der Waals surface area contributed by atoms with Gasteiger partial charge in [0.1, 0.15) is 30.4 Å². The van der Waals surface area contributed by atoms with Crippen LogP contribution in [0.15, 0.2) is 18.9 Å². The third kappa shape index (κ3) is 2.06. The van der Waals surface area contributed by atoms with Crippen LogP contribution in [0.1, 0.15) is 20.3 Å². The van der Waals surface area contributed by atoms with Gasteiger partial charge in [-0.3, -0.25) is 9.88 Å². The first-order chi connectivity index (χ1) is 11.4. The minimum atomic E-state index is -1.43. The molecule has 0 spiro atoms. The zero-order valence-corrected chi connectivity index (χ0v) is 13.4. The zero-order valence-electron chi connectivity index (χ0n) is 13.4. The molecule has 0 bridgehead atoms.